The highest BCUT2D eigenvalue weighted by molar-refractivity contribution is 7.48. The summed E-state index contributed by atoms with van der Waals surface area (Å²) in [4.78, 5) is 11.5. The highest BCUT2D eigenvalue weighted by Crippen LogP contribution is 2.49. The van der Waals surface area contributed by atoms with Crippen molar-refractivity contribution in [2.75, 3.05) is 26.4 Å². The van der Waals surface area contributed by atoms with Gasteiger partial charge in [-0.3, -0.25) is 13.6 Å². The van der Waals surface area contributed by atoms with E-state index in [4.69, 9.17) is 18.3 Å². The molecule has 0 aliphatic rings. The van der Waals surface area contributed by atoms with Gasteiger partial charge < -0.3 is 4.74 Å². The van der Waals surface area contributed by atoms with Gasteiger partial charge in [-0.1, -0.05) is 110 Å². The molecular formula is C26H51O6P. The van der Waals surface area contributed by atoms with Crippen LogP contribution in [-0.4, -0.2) is 32.4 Å². The lowest BCUT2D eigenvalue weighted by atomic mass is 10.1. The third kappa shape index (κ3) is 21.6. The number of phosphoric acid groups is 1. The quantitative estimate of drug-likeness (QED) is 0.0552. The van der Waals surface area contributed by atoms with E-state index in [2.05, 4.69) is 20.4 Å². The summed E-state index contributed by atoms with van der Waals surface area (Å²) in [6, 6.07) is 0. The van der Waals surface area contributed by atoms with E-state index in [0.717, 1.165) is 38.5 Å². The van der Waals surface area contributed by atoms with Crippen molar-refractivity contribution in [1.29, 1.82) is 0 Å². The molecule has 0 spiro atoms. The standard InChI is InChI=1S/C26H51O6P/c1-5-7-9-11-13-15-17-19-21-30-33(28,32-24-23-29-26(27)25(3)4)31-22-20-18-16-14-12-10-8-6-2/h3,5-24H2,1-2,4H3. The third-order valence-corrected chi connectivity index (χ3v) is 6.91. The molecular weight excluding hydrogens is 439 g/mol. The molecule has 0 atom stereocenters. The largest absolute Gasteiger partial charge is 0.474 e. The third-order valence-electron chi connectivity index (χ3n) is 5.41. The summed E-state index contributed by atoms with van der Waals surface area (Å²) in [5, 5.41) is 0. The second-order valence-corrected chi connectivity index (χ2v) is 10.5. The van der Waals surface area contributed by atoms with Crippen LogP contribution in [0.2, 0.25) is 0 Å². The van der Waals surface area contributed by atoms with Crippen molar-refractivity contribution in [2.24, 2.45) is 0 Å². The van der Waals surface area contributed by atoms with E-state index in [1.54, 1.807) is 6.92 Å². The molecule has 0 bridgehead atoms. The molecule has 0 N–H and O–H groups in total. The van der Waals surface area contributed by atoms with Gasteiger partial charge >= 0.3 is 13.8 Å². The maximum atomic E-state index is 13.0. The molecule has 0 saturated heterocycles. The Kier molecular flexibility index (Phi) is 22.6. The number of carbonyl (C=O) groups excluding carboxylic acids is 1. The molecule has 0 aromatic carbocycles. The zero-order valence-corrected chi connectivity index (χ0v) is 22.6. The summed E-state index contributed by atoms with van der Waals surface area (Å²) < 4.78 is 34.5. The average molecular weight is 491 g/mol. The molecule has 0 radical (unpaired) electrons. The molecule has 0 aliphatic carbocycles. The summed E-state index contributed by atoms with van der Waals surface area (Å²) in [6.45, 7) is 10.2. The van der Waals surface area contributed by atoms with Gasteiger partial charge in [-0.05, 0) is 19.8 Å². The van der Waals surface area contributed by atoms with Crippen molar-refractivity contribution in [3.63, 3.8) is 0 Å². The van der Waals surface area contributed by atoms with Crippen molar-refractivity contribution in [1.82, 2.24) is 0 Å². The topological polar surface area (TPSA) is 71.1 Å². The first kappa shape index (κ1) is 32.3. The van der Waals surface area contributed by atoms with Gasteiger partial charge in [0.1, 0.15) is 6.61 Å². The van der Waals surface area contributed by atoms with Crippen molar-refractivity contribution >= 4 is 13.8 Å². The van der Waals surface area contributed by atoms with E-state index >= 15 is 0 Å². The van der Waals surface area contributed by atoms with Gasteiger partial charge in [-0.25, -0.2) is 9.36 Å². The zero-order valence-electron chi connectivity index (χ0n) is 21.7. The van der Waals surface area contributed by atoms with Crippen LogP contribution < -0.4 is 0 Å². The molecule has 0 aromatic heterocycles. The maximum Gasteiger partial charge on any atom is 0.474 e. The Morgan fingerprint density at radius 1 is 0.606 bits per heavy atom. The second-order valence-electron chi connectivity index (χ2n) is 8.81. The van der Waals surface area contributed by atoms with Crippen LogP contribution in [0.3, 0.4) is 0 Å². The Bertz CT molecular complexity index is 497. The predicted octanol–water partition coefficient (Wildman–Crippen LogP) is 8.55. The summed E-state index contributed by atoms with van der Waals surface area (Å²) >= 11 is 0. The van der Waals surface area contributed by atoms with Crippen molar-refractivity contribution in [2.45, 2.75) is 124 Å². The van der Waals surface area contributed by atoms with Gasteiger partial charge in [0.05, 0.1) is 19.8 Å². The molecule has 0 rings (SSSR count). The van der Waals surface area contributed by atoms with E-state index < -0.39 is 13.8 Å². The van der Waals surface area contributed by atoms with Crippen molar-refractivity contribution in [3.05, 3.63) is 12.2 Å². The molecule has 196 valence electrons. The van der Waals surface area contributed by atoms with E-state index in [9.17, 15) is 9.36 Å². The Labute approximate surface area is 203 Å². The lowest BCUT2D eigenvalue weighted by molar-refractivity contribution is -0.139. The molecule has 0 fully saturated rings. The summed E-state index contributed by atoms with van der Waals surface area (Å²) in [7, 11) is -3.66. The van der Waals surface area contributed by atoms with E-state index in [0.29, 0.717) is 18.8 Å². The van der Waals surface area contributed by atoms with Crippen LogP contribution in [0.1, 0.15) is 124 Å². The molecule has 0 saturated carbocycles. The molecule has 0 amide bonds. The predicted molar refractivity (Wildman–Crippen MR) is 136 cm³/mol. The lowest BCUT2D eigenvalue weighted by Crippen LogP contribution is -2.12. The Morgan fingerprint density at radius 3 is 1.36 bits per heavy atom. The Hall–Kier alpha value is -0.680. The van der Waals surface area contributed by atoms with Crippen LogP contribution in [0.5, 0.6) is 0 Å². The van der Waals surface area contributed by atoms with Gasteiger partial charge in [0.25, 0.3) is 0 Å². The number of unbranched alkanes of at least 4 members (excludes halogenated alkanes) is 14. The highest BCUT2D eigenvalue weighted by atomic mass is 31.2. The normalized spacial score (nSPS) is 11.6. The minimum absolute atomic E-state index is 0.0159. The van der Waals surface area contributed by atoms with Crippen molar-refractivity contribution in [3.8, 4) is 0 Å². The van der Waals surface area contributed by atoms with Gasteiger partial charge in [0.2, 0.25) is 0 Å². The molecule has 0 aromatic rings. The molecule has 7 heteroatoms. The number of esters is 1. The summed E-state index contributed by atoms with van der Waals surface area (Å²) in [5.41, 5.74) is 0.315. The number of hydrogen-bond donors (Lipinski definition) is 0. The van der Waals surface area contributed by atoms with Gasteiger partial charge in [0, 0.05) is 5.57 Å². The fourth-order valence-electron chi connectivity index (χ4n) is 3.34. The molecule has 0 unspecified atom stereocenters. The summed E-state index contributed by atoms with van der Waals surface area (Å²) in [5.74, 6) is -0.492. The molecule has 0 aliphatic heterocycles. The SMILES string of the molecule is C=C(C)C(=O)OCCOP(=O)(OCCCCCCCCCC)OCCCCCCCCCC. The Balaban J connectivity index is 4.17. The van der Waals surface area contributed by atoms with Gasteiger partial charge in [-0.2, -0.15) is 0 Å². The van der Waals surface area contributed by atoms with E-state index in [-0.39, 0.29) is 13.2 Å². The minimum atomic E-state index is -3.66. The fourth-order valence-corrected chi connectivity index (χ4v) is 4.57. The lowest BCUT2D eigenvalue weighted by Gasteiger charge is -2.18. The number of rotatable bonds is 25. The first-order valence-corrected chi connectivity index (χ1v) is 14.8. The summed E-state index contributed by atoms with van der Waals surface area (Å²) in [6.07, 6.45) is 18.8. The van der Waals surface area contributed by atoms with Gasteiger partial charge in [-0.15, -0.1) is 0 Å². The van der Waals surface area contributed by atoms with E-state index in [1.807, 2.05) is 0 Å². The van der Waals surface area contributed by atoms with Crippen LogP contribution in [0.15, 0.2) is 12.2 Å². The minimum Gasteiger partial charge on any atom is -0.460 e. The number of ether oxygens (including phenoxy) is 1. The van der Waals surface area contributed by atoms with Crippen LogP contribution >= 0.6 is 7.82 Å². The Morgan fingerprint density at radius 2 is 0.970 bits per heavy atom. The van der Waals surface area contributed by atoms with Crippen LogP contribution in [0.4, 0.5) is 0 Å². The van der Waals surface area contributed by atoms with Crippen LogP contribution in [-0.2, 0) is 27.7 Å². The average Bonchev–Trinajstić information content (AvgIpc) is 2.79. The van der Waals surface area contributed by atoms with Crippen molar-refractivity contribution < 1.29 is 27.7 Å². The first-order chi connectivity index (χ1) is 15.9. The van der Waals surface area contributed by atoms with E-state index in [1.165, 1.54) is 64.2 Å². The number of phosphoric ester groups is 1. The molecule has 33 heavy (non-hydrogen) atoms. The number of hydrogen-bond acceptors (Lipinski definition) is 6. The van der Waals surface area contributed by atoms with Crippen LogP contribution in [0.25, 0.3) is 0 Å². The molecule has 6 nitrogen and oxygen atoms in total. The molecule has 0 heterocycles. The maximum absolute atomic E-state index is 13.0. The van der Waals surface area contributed by atoms with Gasteiger partial charge in [0.15, 0.2) is 0 Å². The number of carbonyl (C=O) groups is 1. The van der Waals surface area contributed by atoms with Crippen LogP contribution in [0, 0.1) is 0 Å². The first-order valence-electron chi connectivity index (χ1n) is 13.3. The zero-order chi connectivity index (χ0) is 24.6. The monoisotopic (exact) mass is 490 g/mol. The smallest absolute Gasteiger partial charge is 0.460 e. The highest BCUT2D eigenvalue weighted by Gasteiger charge is 2.26. The second kappa shape index (κ2) is 23.1. The fraction of sp³-hybridized carbons (Fsp3) is 0.885.